The Kier molecular flexibility index (Phi) is 2.25. The minimum absolute atomic E-state index is 0.489. The number of hydrogen-bond donors (Lipinski definition) is 0. The summed E-state index contributed by atoms with van der Waals surface area (Å²) < 4.78 is 11.4. The maximum atomic E-state index is 5.80. The van der Waals surface area contributed by atoms with Gasteiger partial charge in [0.25, 0.3) is 0 Å². The molecule has 2 aromatic rings. The zero-order valence-corrected chi connectivity index (χ0v) is 9.69. The highest BCUT2D eigenvalue weighted by molar-refractivity contribution is 5.82. The van der Waals surface area contributed by atoms with Crippen LogP contribution in [0.4, 0.5) is 0 Å². The van der Waals surface area contributed by atoms with E-state index < -0.39 is 0 Å². The highest BCUT2D eigenvalue weighted by Gasteiger charge is 2.30. The molecular weight excluding hydrogens is 200 g/mol. The lowest BCUT2D eigenvalue weighted by molar-refractivity contribution is 0.186. The molecule has 1 aromatic carbocycles. The second-order valence-electron chi connectivity index (χ2n) is 4.69. The third-order valence-corrected chi connectivity index (χ3v) is 3.56. The summed E-state index contributed by atoms with van der Waals surface area (Å²) in [7, 11) is 0. The molecular formula is C14H16O2. The Labute approximate surface area is 95.2 Å². The van der Waals surface area contributed by atoms with E-state index in [-0.39, 0.29) is 0 Å². The fourth-order valence-electron chi connectivity index (χ4n) is 2.68. The maximum Gasteiger partial charge on any atom is 0.134 e. The Bertz CT molecular complexity index is 512. The van der Waals surface area contributed by atoms with Crippen LogP contribution in [0.1, 0.15) is 24.2 Å². The number of hydrogen-bond acceptors (Lipinski definition) is 2. The van der Waals surface area contributed by atoms with Gasteiger partial charge in [0.1, 0.15) is 11.3 Å². The predicted molar refractivity (Wildman–Crippen MR) is 63.7 cm³/mol. The summed E-state index contributed by atoms with van der Waals surface area (Å²) in [4.78, 5) is 0. The van der Waals surface area contributed by atoms with Crippen molar-refractivity contribution < 1.29 is 9.15 Å². The van der Waals surface area contributed by atoms with Crippen molar-refractivity contribution in [2.75, 3.05) is 13.2 Å². The van der Waals surface area contributed by atoms with Gasteiger partial charge in [-0.15, -0.1) is 0 Å². The number of fused-ring (bicyclic) bond motifs is 1. The van der Waals surface area contributed by atoms with Crippen molar-refractivity contribution in [3.8, 4) is 0 Å². The molecule has 1 unspecified atom stereocenters. The van der Waals surface area contributed by atoms with Gasteiger partial charge in [-0.25, -0.2) is 0 Å². The van der Waals surface area contributed by atoms with Gasteiger partial charge in [-0.1, -0.05) is 25.1 Å². The molecule has 2 nitrogen and oxygen atoms in total. The Morgan fingerprint density at radius 3 is 2.75 bits per heavy atom. The van der Waals surface area contributed by atoms with Crippen LogP contribution in [0.5, 0.6) is 0 Å². The third-order valence-electron chi connectivity index (χ3n) is 3.56. The lowest BCUT2D eigenvalue weighted by Gasteiger charge is -2.12. The van der Waals surface area contributed by atoms with Crippen molar-refractivity contribution in [3.05, 3.63) is 35.6 Å². The molecule has 16 heavy (non-hydrogen) atoms. The average Bonchev–Trinajstić information content (AvgIpc) is 2.81. The first kappa shape index (κ1) is 9.91. The Hall–Kier alpha value is -1.28. The number of para-hydroxylation sites is 1. The Balaban J connectivity index is 2.18. The average molecular weight is 216 g/mol. The molecule has 1 saturated heterocycles. The van der Waals surface area contributed by atoms with Crippen LogP contribution in [0.25, 0.3) is 11.0 Å². The third kappa shape index (κ3) is 1.37. The molecule has 0 N–H and O–H groups in total. The van der Waals surface area contributed by atoms with Gasteiger partial charge < -0.3 is 9.15 Å². The first-order valence-corrected chi connectivity index (χ1v) is 5.83. The van der Waals surface area contributed by atoms with E-state index in [0.717, 1.165) is 24.6 Å². The molecule has 0 bridgehead atoms. The zero-order valence-electron chi connectivity index (χ0n) is 9.69. The lowest BCUT2D eigenvalue weighted by Crippen LogP contribution is -2.07. The van der Waals surface area contributed by atoms with Gasteiger partial charge in [0.2, 0.25) is 0 Å². The van der Waals surface area contributed by atoms with Crippen molar-refractivity contribution in [1.82, 2.24) is 0 Å². The molecule has 0 saturated carbocycles. The van der Waals surface area contributed by atoms with Crippen molar-refractivity contribution in [1.29, 1.82) is 0 Å². The van der Waals surface area contributed by atoms with Crippen LogP contribution in [-0.4, -0.2) is 13.2 Å². The van der Waals surface area contributed by atoms with Gasteiger partial charge in [0, 0.05) is 23.5 Å². The van der Waals surface area contributed by atoms with E-state index in [9.17, 15) is 0 Å². The van der Waals surface area contributed by atoms with Gasteiger partial charge in [-0.05, 0) is 18.9 Å². The molecule has 2 heteroatoms. The van der Waals surface area contributed by atoms with E-state index in [1.807, 2.05) is 12.1 Å². The van der Waals surface area contributed by atoms with Crippen LogP contribution >= 0.6 is 0 Å². The van der Waals surface area contributed by atoms with Crippen LogP contribution in [0.15, 0.2) is 28.7 Å². The summed E-state index contributed by atoms with van der Waals surface area (Å²) in [6, 6.07) is 8.27. The van der Waals surface area contributed by atoms with Crippen LogP contribution in [0.2, 0.25) is 0 Å². The Morgan fingerprint density at radius 2 is 2.00 bits per heavy atom. The highest BCUT2D eigenvalue weighted by Crippen LogP contribution is 2.38. The standard InChI is InChI=1S/C14H16O2/c1-9-7-15-8-12(9)14-10(2)16-13-6-4-3-5-11(13)14/h3-6,9,12H,7-8H2,1-2H3/t9-,12?/m1/s1. The monoisotopic (exact) mass is 216 g/mol. The summed E-state index contributed by atoms with van der Waals surface area (Å²) in [5.74, 6) is 2.12. The van der Waals surface area contributed by atoms with Gasteiger partial charge in [-0.2, -0.15) is 0 Å². The second kappa shape index (κ2) is 3.63. The number of furan rings is 1. The van der Waals surface area contributed by atoms with E-state index >= 15 is 0 Å². The molecule has 1 aromatic heterocycles. The van der Waals surface area contributed by atoms with Crippen LogP contribution < -0.4 is 0 Å². The molecule has 0 spiro atoms. The largest absolute Gasteiger partial charge is 0.461 e. The van der Waals surface area contributed by atoms with Crippen molar-refractivity contribution in [2.24, 2.45) is 5.92 Å². The first-order valence-electron chi connectivity index (χ1n) is 5.83. The molecule has 1 fully saturated rings. The van der Waals surface area contributed by atoms with Crippen LogP contribution in [0, 0.1) is 12.8 Å². The fraction of sp³-hybridized carbons (Fsp3) is 0.429. The maximum absolute atomic E-state index is 5.80. The molecule has 2 heterocycles. The quantitative estimate of drug-likeness (QED) is 0.728. The number of ether oxygens (including phenoxy) is 1. The number of benzene rings is 1. The van der Waals surface area contributed by atoms with E-state index in [2.05, 4.69) is 26.0 Å². The van der Waals surface area contributed by atoms with Crippen LogP contribution in [0.3, 0.4) is 0 Å². The van der Waals surface area contributed by atoms with Gasteiger partial charge in [0.05, 0.1) is 6.61 Å². The summed E-state index contributed by atoms with van der Waals surface area (Å²) in [5.41, 5.74) is 2.34. The Morgan fingerprint density at radius 1 is 1.19 bits per heavy atom. The summed E-state index contributed by atoms with van der Waals surface area (Å²) in [6.07, 6.45) is 0. The predicted octanol–water partition coefficient (Wildman–Crippen LogP) is 3.49. The van der Waals surface area contributed by atoms with Crippen molar-refractivity contribution in [2.45, 2.75) is 19.8 Å². The number of rotatable bonds is 1. The molecule has 0 aliphatic carbocycles. The van der Waals surface area contributed by atoms with Gasteiger partial charge >= 0.3 is 0 Å². The molecule has 0 amide bonds. The van der Waals surface area contributed by atoms with Gasteiger partial charge in [-0.3, -0.25) is 0 Å². The molecule has 84 valence electrons. The summed E-state index contributed by atoms with van der Waals surface area (Å²) in [6.45, 7) is 5.99. The smallest absolute Gasteiger partial charge is 0.134 e. The zero-order chi connectivity index (χ0) is 11.1. The molecule has 1 aliphatic rings. The van der Waals surface area contributed by atoms with E-state index in [1.54, 1.807) is 0 Å². The van der Waals surface area contributed by atoms with E-state index in [0.29, 0.717) is 11.8 Å². The minimum Gasteiger partial charge on any atom is -0.461 e. The van der Waals surface area contributed by atoms with Gasteiger partial charge in [0.15, 0.2) is 0 Å². The lowest BCUT2D eigenvalue weighted by atomic mass is 9.88. The molecule has 1 aliphatic heterocycles. The van der Waals surface area contributed by atoms with E-state index in [1.165, 1.54) is 10.9 Å². The highest BCUT2D eigenvalue weighted by atomic mass is 16.5. The minimum atomic E-state index is 0.489. The van der Waals surface area contributed by atoms with Crippen molar-refractivity contribution in [3.63, 3.8) is 0 Å². The summed E-state index contributed by atoms with van der Waals surface area (Å²) in [5, 5.41) is 1.25. The fourth-order valence-corrected chi connectivity index (χ4v) is 2.68. The SMILES string of the molecule is Cc1oc2ccccc2c1C1COC[C@H]1C. The molecule has 0 radical (unpaired) electrons. The molecule has 3 rings (SSSR count). The normalized spacial score (nSPS) is 25.4. The summed E-state index contributed by atoms with van der Waals surface area (Å²) >= 11 is 0. The van der Waals surface area contributed by atoms with E-state index in [4.69, 9.17) is 9.15 Å². The van der Waals surface area contributed by atoms with Crippen molar-refractivity contribution >= 4 is 11.0 Å². The first-order chi connectivity index (χ1) is 7.77. The van der Waals surface area contributed by atoms with Crippen LogP contribution in [-0.2, 0) is 4.74 Å². The molecule has 2 atom stereocenters. The topological polar surface area (TPSA) is 22.4 Å². The number of aryl methyl sites for hydroxylation is 1. The second-order valence-corrected chi connectivity index (χ2v) is 4.69.